The van der Waals surface area contributed by atoms with E-state index >= 15 is 0 Å². The number of rotatable bonds is 0. The van der Waals surface area contributed by atoms with E-state index in [1.54, 1.807) is 0 Å². The van der Waals surface area contributed by atoms with Crippen molar-refractivity contribution in [2.45, 2.75) is 38.3 Å². The van der Waals surface area contributed by atoms with Crippen LogP contribution in [0.15, 0.2) is 0 Å². The van der Waals surface area contributed by atoms with Crippen LogP contribution in [0.4, 0.5) is 0 Å². The molecule has 12 heavy (non-hydrogen) atoms. The lowest BCUT2D eigenvalue weighted by molar-refractivity contribution is -0.131. The number of hydrogen-bond acceptors (Lipinski definition) is 2. The molecule has 2 fully saturated rings. The van der Waals surface area contributed by atoms with Crippen LogP contribution in [0.3, 0.4) is 0 Å². The average molecular weight is 168 g/mol. The third-order valence-corrected chi connectivity index (χ3v) is 3.03. The molecule has 0 aromatic carbocycles. The lowest BCUT2D eigenvalue weighted by Gasteiger charge is -2.43. The van der Waals surface area contributed by atoms with E-state index in [4.69, 9.17) is 0 Å². The van der Waals surface area contributed by atoms with E-state index in [0.29, 0.717) is 0 Å². The van der Waals surface area contributed by atoms with Crippen molar-refractivity contribution in [1.29, 1.82) is 0 Å². The Hall–Kier alpha value is -0.570. The first-order chi connectivity index (χ1) is 5.61. The maximum absolute atomic E-state index is 11.4. The van der Waals surface area contributed by atoms with E-state index in [1.165, 1.54) is 6.42 Å². The summed E-state index contributed by atoms with van der Waals surface area (Å²) in [7, 11) is 0. The second-order valence-corrected chi connectivity index (χ2v) is 4.38. The number of nitrogens with one attached hydrogen (secondary N) is 1. The zero-order valence-corrected chi connectivity index (χ0v) is 7.76. The summed E-state index contributed by atoms with van der Waals surface area (Å²) in [5, 5.41) is 2.96. The molecule has 1 atom stereocenters. The second kappa shape index (κ2) is 2.46. The smallest absolute Gasteiger partial charge is 0.237 e. The van der Waals surface area contributed by atoms with E-state index < -0.39 is 0 Å². The largest absolute Gasteiger partial charge is 0.353 e. The Labute approximate surface area is 73.1 Å². The molecular weight excluding hydrogens is 152 g/mol. The quantitative estimate of drug-likeness (QED) is 0.566. The molecule has 0 aromatic rings. The lowest BCUT2D eigenvalue weighted by Crippen LogP contribution is -2.63. The first kappa shape index (κ1) is 8.05. The van der Waals surface area contributed by atoms with Crippen LogP contribution in [0.5, 0.6) is 0 Å². The fourth-order valence-corrected chi connectivity index (χ4v) is 2.29. The SMILES string of the molecule is CC1(C)CNC(=O)[C@@H]2CCCN21. The van der Waals surface area contributed by atoms with E-state index in [-0.39, 0.29) is 17.5 Å². The summed E-state index contributed by atoms with van der Waals surface area (Å²) in [6.45, 7) is 6.28. The van der Waals surface area contributed by atoms with Gasteiger partial charge in [0.25, 0.3) is 0 Å². The molecule has 68 valence electrons. The van der Waals surface area contributed by atoms with Gasteiger partial charge < -0.3 is 5.32 Å². The van der Waals surface area contributed by atoms with Gasteiger partial charge in [-0.2, -0.15) is 0 Å². The van der Waals surface area contributed by atoms with Crippen LogP contribution in [-0.4, -0.2) is 35.5 Å². The van der Waals surface area contributed by atoms with Crippen molar-refractivity contribution in [3.8, 4) is 0 Å². The Morgan fingerprint density at radius 2 is 2.33 bits per heavy atom. The molecule has 3 nitrogen and oxygen atoms in total. The summed E-state index contributed by atoms with van der Waals surface area (Å²) >= 11 is 0. The molecule has 0 bridgehead atoms. The van der Waals surface area contributed by atoms with Gasteiger partial charge in [0.1, 0.15) is 0 Å². The fourth-order valence-electron chi connectivity index (χ4n) is 2.29. The highest BCUT2D eigenvalue weighted by Gasteiger charge is 2.43. The predicted octanol–water partition coefficient (Wildman–Crippen LogP) is 0.359. The van der Waals surface area contributed by atoms with Crippen molar-refractivity contribution in [2.75, 3.05) is 13.1 Å². The van der Waals surface area contributed by atoms with E-state index in [9.17, 15) is 4.79 Å². The zero-order chi connectivity index (χ0) is 8.77. The summed E-state index contributed by atoms with van der Waals surface area (Å²) in [6, 6.07) is 0.161. The lowest BCUT2D eigenvalue weighted by atomic mass is 9.97. The summed E-state index contributed by atoms with van der Waals surface area (Å²) in [4.78, 5) is 13.7. The number of amides is 1. The van der Waals surface area contributed by atoms with Gasteiger partial charge in [-0.15, -0.1) is 0 Å². The van der Waals surface area contributed by atoms with Gasteiger partial charge in [-0.25, -0.2) is 0 Å². The van der Waals surface area contributed by atoms with Crippen molar-refractivity contribution in [1.82, 2.24) is 10.2 Å². The number of hydrogen-bond donors (Lipinski definition) is 1. The third kappa shape index (κ3) is 1.04. The molecule has 0 aromatic heterocycles. The highest BCUT2D eigenvalue weighted by atomic mass is 16.2. The Bertz CT molecular complexity index is 213. The molecule has 2 saturated heterocycles. The van der Waals surface area contributed by atoms with Crippen LogP contribution in [0, 0.1) is 0 Å². The van der Waals surface area contributed by atoms with Gasteiger partial charge in [-0.1, -0.05) is 0 Å². The normalized spacial score (nSPS) is 34.5. The molecule has 2 heterocycles. The topological polar surface area (TPSA) is 32.3 Å². The minimum atomic E-state index is 0.161. The predicted molar refractivity (Wildman–Crippen MR) is 46.8 cm³/mol. The summed E-state index contributed by atoms with van der Waals surface area (Å²) in [5.41, 5.74) is 0.162. The number of nitrogens with zero attached hydrogens (tertiary/aromatic N) is 1. The molecule has 0 radical (unpaired) electrons. The van der Waals surface area contributed by atoms with E-state index in [2.05, 4.69) is 24.1 Å². The molecule has 0 unspecified atom stereocenters. The van der Waals surface area contributed by atoms with Crippen LogP contribution in [-0.2, 0) is 4.79 Å². The zero-order valence-electron chi connectivity index (χ0n) is 7.76. The van der Waals surface area contributed by atoms with Crippen LogP contribution < -0.4 is 5.32 Å². The molecule has 0 aliphatic carbocycles. The molecule has 2 aliphatic rings. The molecular formula is C9H16N2O. The van der Waals surface area contributed by atoms with Gasteiger partial charge in [-0.05, 0) is 33.2 Å². The molecule has 0 spiro atoms. The molecule has 2 rings (SSSR count). The minimum Gasteiger partial charge on any atom is -0.353 e. The Morgan fingerprint density at radius 1 is 1.58 bits per heavy atom. The first-order valence-electron chi connectivity index (χ1n) is 4.66. The van der Waals surface area contributed by atoms with Crippen LogP contribution >= 0.6 is 0 Å². The monoisotopic (exact) mass is 168 g/mol. The molecule has 0 saturated carbocycles. The summed E-state index contributed by atoms with van der Waals surface area (Å²) in [6.07, 6.45) is 2.21. The van der Waals surface area contributed by atoms with Gasteiger partial charge in [-0.3, -0.25) is 9.69 Å². The Kier molecular flexibility index (Phi) is 1.65. The fraction of sp³-hybridized carbons (Fsp3) is 0.889. The maximum Gasteiger partial charge on any atom is 0.237 e. The number of piperazine rings is 1. The highest BCUT2D eigenvalue weighted by molar-refractivity contribution is 5.83. The minimum absolute atomic E-state index is 0.161. The summed E-state index contributed by atoms with van der Waals surface area (Å²) in [5.74, 6) is 0.229. The van der Waals surface area contributed by atoms with Crippen LogP contribution in [0.1, 0.15) is 26.7 Å². The standard InChI is InChI=1S/C9H16N2O/c1-9(2)6-10-8(12)7-4-3-5-11(7)9/h7H,3-6H2,1-2H3,(H,10,12)/t7-/m0/s1. The van der Waals surface area contributed by atoms with Gasteiger partial charge in [0, 0.05) is 12.1 Å². The number of fused-ring (bicyclic) bond motifs is 1. The van der Waals surface area contributed by atoms with Crippen molar-refractivity contribution in [3.63, 3.8) is 0 Å². The second-order valence-electron chi connectivity index (χ2n) is 4.38. The van der Waals surface area contributed by atoms with E-state index in [0.717, 1.165) is 19.5 Å². The van der Waals surface area contributed by atoms with Crippen molar-refractivity contribution >= 4 is 5.91 Å². The highest BCUT2D eigenvalue weighted by Crippen LogP contribution is 2.29. The van der Waals surface area contributed by atoms with Crippen molar-refractivity contribution < 1.29 is 4.79 Å². The first-order valence-corrected chi connectivity index (χ1v) is 4.66. The molecule has 2 aliphatic heterocycles. The third-order valence-electron chi connectivity index (χ3n) is 3.03. The van der Waals surface area contributed by atoms with Gasteiger partial charge in [0.05, 0.1) is 6.04 Å². The van der Waals surface area contributed by atoms with Gasteiger partial charge >= 0.3 is 0 Å². The van der Waals surface area contributed by atoms with Crippen LogP contribution in [0.25, 0.3) is 0 Å². The molecule has 1 N–H and O–H groups in total. The molecule has 3 heteroatoms. The average Bonchev–Trinajstić information content (AvgIpc) is 2.46. The Morgan fingerprint density at radius 3 is 3.00 bits per heavy atom. The van der Waals surface area contributed by atoms with Gasteiger partial charge in [0.15, 0.2) is 0 Å². The Balaban J connectivity index is 2.22. The summed E-state index contributed by atoms with van der Waals surface area (Å²) < 4.78 is 0. The molecule has 1 amide bonds. The van der Waals surface area contributed by atoms with E-state index in [1.807, 2.05) is 0 Å². The maximum atomic E-state index is 11.4. The van der Waals surface area contributed by atoms with Crippen molar-refractivity contribution in [2.24, 2.45) is 0 Å². The number of carbonyl (C=O) groups is 1. The van der Waals surface area contributed by atoms with Crippen LogP contribution in [0.2, 0.25) is 0 Å². The number of carbonyl (C=O) groups excluding carboxylic acids is 1. The van der Waals surface area contributed by atoms with Gasteiger partial charge in [0.2, 0.25) is 5.91 Å². The van der Waals surface area contributed by atoms with Crippen molar-refractivity contribution in [3.05, 3.63) is 0 Å².